The molecule has 1 saturated heterocycles. The number of carboxylic acids is 1. The summed E-state index contributed by atoms with van der Waals surface area (Å²) in [5, 5.41) is 8.89. The number of hydrogen-bond acceptors (Lipinski definition) is 2. The molecule has 0 saturated carbocycles. The summed E-state index contributed by atoms with van der Waals surface area (Å²) in [6.07, 6.45) is 5.74. The minimum atomic E-state index is -1.08. The SMILES string of the molecule is CC(=O)[O-].CCC1CCCC[NH+]1C. The van der Waals surface area contributed by atoms with Crippen molar-refractivity contribution in [1.29, 1.82) is 0 Å². The van der Waals surface area contributed by atoms with Gasteiger partial charge in [0, 0.05) is 5.97 Å². The lowest BCUT2D eigenvalue weighted by Gasteiger charge is -2.28. The molecule has 0 radical (unpaired) electrons. The second kappa shape index (κ2) is 6.89. The van der Waals surface area contributed by atoms with Crippen molar-refractivity contribution in [2.75, 3.05) is 13.6 Å². The molecule has 0 aliphatic carbocycles. The molecule has 1 rings (SSSR count). The predicted octanol–water partition coefficient (Wildman–Crippen LogP) is -0.780. The van der Waals surface area contributed by atoms with Crippen LogP contribution >= 0.6 is 0 Å². The van der Waals surface area contributed by atoms with Gasteiger partial charge in [0.05, 0.1) is 19.6 Å². The first-order valence-corrected chi connectivity index (χ1v) is 5.07. The molecule has 0 spiro atoms. The van der Waals surface area contributed by atoms with Gasteiger partial charge in [-0.1, -0.05) is 6.92 Å². The van der Waals surface area contributed by atoms with Crippen LogP contribution in [0, 0.1) is 0 Å². The largest absolute Gasteiger partial charge is 0.550 e. The van der Waals surface area contributed by atoms with E-state index in [4.69, 9.17) is 9.90 Å². The van der Waals surface area contributed by atoms with Crippen molar-refractivity contribution in [3.05, 3.63) is 0 Å². The molecule has 13 heavy (non-hydrogen) atoms. The summed E-state index contributed by atoms with van der Waals surface area (Å²) in [5.74, 6) is -1.08. The van der Waals surface area contributed by atoms with Gasteiger partial charge in [-0.2, -0.15) is 0 Å². The van der Waals surface area contributed by atoms with Gasteiger partial charge in [-0.25, -0.2) is 0 Å². The topological polar surface area (TPSA) is 44.6 Å². The average Bonchev–Trinajstić information content (AvgIpc) is 2.04. The summed E-state index contributed by atoms with van der Waals surface area (Å²) in [6.45, 7) is 4.68. The molecular weight excluding hydrogens is 166 g/mol. The second-order valence-electron chi connectivity index (χ2n) is 3.69. The van der Waals surface area contributed by atoms with Crippen LogP contribution in [-0.4, -0.2) is 25.6 Å². The molecular formula is C10H21NO2. The Labute approximate surface area is 80.7 Å². The lowest BCUT2D eigenvalue weighted by molar-refractivity contribution is -0.911. The van der Waals surface area contributed by atoms with Crippen molar-refractivity contribution in [2.24, 2.45) is 0 Å². The Hall–Kier alpha value is -0.570. The maximum absolute atomic E-state index is 8.89. The molecule has 1 aliphatic heterocycles. The van der Waals surface area contributed by atoms with Crippen molar-refractivity contribution < 1.29 is 14.8 Å². The smallest absolute Gasteiger partial charge is 0.0869 e. The van der Waals surface area contributed by atoms with Gasteiger partial charge in [0.15, 0.2) is 0 Å². The number of carboxylic acid groups (broad SMARTS) is 1. The fourth-order valence-corrected chi connectivity index (χ4v) is 1.80. The highest BCUT2D eigenvalue weighted by Crippen LogP contribution is 2.04. The summed E-state index contributed by atoms with van der Waals surface area (Å²) in [4.78, 5) is 10.6. The Morgan fingerprint density at radius 1 is 1.54 bits per heavy atom. The minimum Gasteiger partial charge on any atom is -0.550 e. The number of piperidine rings is 1. The van der Waals surface area contributed by atoms with E-state index < -0.39 is 5.97 Å². The van der Waals surface area contributed by atoms with Crippen LogP contribution in [0.3, 0.4) is 0 Å². The van der Waals surface area contributed by atoms with Gasteiger partial charge in [0.2, 0.25) is 0 Å². The normalized spacial score (nSPS) is 27.3. The Bertz CT molecular complexity index is 144. The predicted molar refractivity (Wildman–Crippen MR) is 50.4 cm³/mol. The third-order valence-corrected chi connectivity index (χ3v) is 2.56. The van der Waals surface area contributed by atoms with Gasteiger partial charge >= 0.3 is 0 Å². The highest BCUT2D eigenvalue weighted by molar-refractivity contribution is 5.60. The van der Waals surface area contributed by atoms with Crippen molar-refractivity contribution in [3.8, 4) is 0 Å². The maximum Gasteiger partial charge on any atom is 0.0869 e. The van der Waals surface area contributed by atoms with E-state index in [1.807, 2.05) is 0 Å². The number of carbonyl (C=O) groups is 1. The van der Waals surface area contributed by atoms with Crippen LogP contribution in [0.25, 0.3) is 0 Å². The quantitative estimate of drug-likeness (QED) is 0.585. The highest BCUT2D eigenvalue weighted by atomic mass is 16.4. The van der Waals surface area contributed by atoms with Crippen molar-refractivity contribution in [2.45, 2.75) is 45.6 Å². The second-order valence-corrected chi connectivity index (χ2v) is 3.69. The standard InChI is InChI=1S/C8H17N.C2H4O2/c1-3-8-6-4-5-7-9(8)2;1-2(3)4/h8H,3-7H2,1-2H3;1H3,(H,3,4). The number of rotatable bonds is 1. The van der Waals surface area contributed by atoms with E-state index in [2.05, 4.69) is 14.0 Å². The molecule has 78 valence electrons. The molecule has 0 bridgehead atoms. The molecule has 0 aromatic carbocycles. The van der Waals surface area contributed by atoms with Gasteiger partial charge in [-0.3, -0.25) is 0 Å². The van der Waals surface area contributed by atoms with Gasteiger partial charge in [0.25, 0.3) is 0 Å². The third-order valence-electron chi connectivity index (χ3n) is 2.56. The summed E-state index contributed by atoms with van der Waals surface area (Å²) in [7, 11) is 2.33. The monoisotopic (exact) mass is 187 g/mol. The fraction of sp³-hybridized carbons (Fsp3) is 0.900. The number of quaternary nitrogens is 1. The van der Waals surface area contributed by atoms with E-state index in [1.54, 1.807) is 4.90 Å². The number of hydrogen-bond donors (Lipinski definition) is 1. The maximum atomic E-state index is 8.89. The van der Waals surface area contributed by atoms with Crippen molar-refractivity contribution in [3.63, 3.8) is 0 Å². The van der Waals surface area contributed by atoms with E-state index >= 15 is 0 Å². The molecule has 1 heterocycles. The van der Waals surface area contributed by atoms with E-state index in [0.717, 1.165) is 13.0 Å². The van der Waals surface area contributed by atoms with Crippen LogP contribution in [0.2, 0.25) is 0 Å². The zero-order chi connectivity index (χ0) is 10.3. The molecule has 3 heteroatoms. The van der Waals surface area contributed by atoms with Crippen LogP contribution in [0.5, 0.6) is 0 Å². The molecule has 1 fully saturated rings. The van der Waals surface area contributed by atoms with Crippen molar-refractivity contribution >= 4 is 5.97 Å². The average molecular weight is 187 g/mol. The lowest BCUT2D eigenvalue weighted by Crippen LogP contribution is -3.13. The molecule has 3 nitrogen and oxygen atoms in total. The Balaban J connectivity index is 0.000000310. The van der Waals surface area contributed by atoms with Gasteiger partial charge < -0.3 is 14.8 Å². The minimum absolute atomic E-state index is 0.971. The van der Waals surface area contributed by atoms with Crippen LogP contribution in [0.1, 0.15) is 39.5 Å². The Morgan fingerprint density at radius 3 is 2.38 bits per heavy atom. The Morgan fingerprint density at radius 2 is 2.08 bits per heavy atom. The molecule has 2 unspecified atom stereocenters. The zero-order valence-electron chi connectivity index (χ0n) is 8.93. The first kappa shape index (κ1) is 12.4. The van der Waals surface area contributed by atoms with Crippen molar-refractivity contribution in [1.82, 2.24) is 0 Å². The summed E-state index contributed by atoms with van der Waals surface area (Å²) in [5.41, 5.74) is 0. The first-order valence-electron chi connectivity index (χ1n) is 5.07. The number of nitrogens with one attached hydrogen (secondary N) is 1. The zero-order valence-corrected chi connectivity index (χ0v) is 8.93. The van der Waals surface area contributed by atoms with E-state index in [-0.39, 0.29) is 0 Å². The fourth-order valence-electron chi connectivity index (χ4n) is 1.80. The molecule has 1 N–H and O–H groups in total. The molecule has 0 aromatic heterocycles. The van der Waals surface area contributed by atoms with Gasteiger partial charge in [0.1, 0.15) is 0 Å². The number of likely N-dealkylation sites (tertiary alicyclic amines) is 1. The molecule has 1 aliphatic rings. The Kier molecular flexibility index (Phi) is 6.59. The van der Waals surface area contributed by atoms with Crippen LogP contribution < -0.4 is 10.0 Å². The van der Waals surface area contributed by atoms with Crippen LogP contribution in [0.4, 0.5) is 0 Å². The lowest BCUT2D eigenvalue weighted by atomic mass is 10.0. The summed E-state index contributed by atoms with van der Waals surface area (Å²) < 4.78 is 0. The number of carbonyl (C=O) groups excluding carboxylic acids is 1. The summed E-state index contributed by atoms with van der Waals surface area (Å²) in [6, 6.07) is 0.971. The molecule has 0 aromatic rings. The summed E-state index contributed by atoms with van der Waals surface area (Å²) >= 11 is 0. The molecule has 0 amide bonds. The highest BCUT2D eigenvalue weighted by Gasteiger charge is 2.19. The van der Waals surface area contributed by atoms with Gasteiger partial charge in [-0.05, 0) is 32.6 Å². The van der Waals surface area contributed by atoms with Gasteiger partial charge in [-0.15, -0.1) is 0 Å². The van der Waals surface area contributed by atoms with Crippen LogP contribution in [0.15, 0.2) is 0 Å². The number of aliphatic carboxylic acids is 1. The van der Waals surface area contributed by atoms with E-state index in [9.17, 15) is 0 Å². The van der Waals surface area contributed by atoms with E-state index in [1.165, 1.54) is 32.2 Å². The van der Waals surface area contributed by atoms with Crippen LogP contribution in [-0.2, 0) is 4.79 Å². The van der Waals surface area contributed by atoms with E-state index in [0.29, 0.717) is 0 Å². The first-order chi connectivity index (χ1) is 6.07. The molecule has 2 atom stereocenters. The third kappa shape index (κ3) is 6.58.